The molecule has 0 saturated carbocycles. The summed E-state index contributed by atoms with van der Waals surface area (Å²) in [6.45, 7) is 0. The number of hydrogen-bond donors (Lipinski definition) is 0. The van der Waals surface area contributed by atoms with Crippen LogP contribution >= 0.6 is 31.9 Å². The minimum absolute atomic E-state index is 0.122. The van der Waals surface area contributed by atoms with Crippen LogP contribution in [0, 0.1) is 0 Å². The van der Waals surface area contributed by atoms with E-state index in [2.05, 4.69) is 47.0 Å². The topological polar surface area (TPSA) is 68.9 Å². The molecular formula is C10H5Br2F2N3O2. The zero-order valence-corrected chi connectivity index (χ0v) is 12.3. The maximum absolute atomic E-state index is 12.1. The van der Waals surface area contributed by atoms with Crippen LogP contribution in [-0.2, 0) is 11.2 Å². The highest BCUT2D eigenvalue weighted by molar-refractivity contribution is 9.11. The van der Waals surface area contributed by atoms with Crippen LogP contribution < -0.4 is 0 Å². The van der Waals surface area contributed by atoms with Crippen molar-refractivity contribution in [1.82, 2.24) is 15.1 Å². The van der Waals surface area contributed by atoms with Crippen LogP contribution in [0.25, 0.3) is 11.5 Å². The molecule has 0 radical (unpaired) electrons. The first-order valence-electron chi connectivity index (χ1n) is 4.92. The van der Waals surface area contributed by atoms with Gasteiger partial charge in [-0.1, -0.05) is 5.16 Å². The standard InChI is InChI=1S/C10H5Br2F2N3O2/c11-4-1-5(12)8(15-3-4)10-16-7(19-17-10)2-6(18)9(13)14/h1,3,9H,2H2. The Kier molecular flexibility index (Phi) is 4.35. The SMILES string of the molecule is O=C(Cc1nc(-c2ncc(Br)cc2Br)no1)C(F)F. The van der Waals surface area contributed by atoms with E-state index in [-0.39, 0.29) is 11.7 Å². The van der Waals surface area contributed by atoms with Crippen molar-refractivity contribution in [3.05, 3.63) is 27.1 Å². The molecule has 0 unspecified atom stereocenters. The number of carbonyl (C=O) groups is 1. The first-order valence-corrected chi connectivity index (χ1v) is 6.51. The van der Waals surface area contributed by atoms with E-state index >= 15 is 0 Å². The summed E-state index contributed by atoms with van der Waals surface area (Å²) in [7, 11) is 0. The van der Waals surface area contributed by atoms with Crippen molar-refractivity contribution in [3.63, 3.8) is 0 Å². The van der Waals surface area contributed by atoms with Crippen LogP contribution in [0.15, 0.2) is 25.7 Å². The van der Waals surface area contributed by atoms with Crippen molar-refractivity contribution in [3.8, 4) is 11.5 Å². The molecular weight excluding hydrogens is 392 g/mol. The Morgan fingerprint density at radius 1 is 1.42 bits per heavy atom. The molecule has 2 aromatic heterocycles. The number of aromatic nitrogens is 3. The number of alkyl halides is 2. The van der Waals surface area contributed by atoms with E-state index < -0.39 is 18.6 Å². The van der Waals surface area contributed by atoms with Crippen LogP contribution in [0.1, 0.15) is 5.89 Å². The quantitative estimate of drug-likeness (QED) is 0.794. The van der Waals surface area contributed by atoms with Crippen molar-refractivity contribution < 1.29 is 18.1 Å². The van der Waals surface area contributed by atoms with E-state index in [4.69, 9.17) is 4.52 Å². The smallest absolute Gasteiger partial charge is 0.296 e. The van der Waals surface area contributed by atoms with Gasteiger partial charge in [-0.3, -0.25) is 9.78 Å². The summed E-state index contributed by atoms with van der Waals surface area (Å²) in [5.74, 6) is -1.31. The van der Waals surface area contributed by atoms with Gasteiger partial charge in [0.05, 0.1) is 6.42 Å². The Bertz CT molecular complexity index is 619. The van der Waals surface area contributed by atoms with Crippen LogP contribution in [0.4, 0.5) is 8.78 Å². The summed E-state index contributed by atoms with van der Waals surface area (Å²) in [4.78, 5) is 18.8. The summed E-state index contributed by atoms with van der Waals surface area (Å²) in [6.07, 6.45) is -2.12. The maximum Gasteiger partial charge on any atom is 0.296 e. The number of pyridine rings is 1. The maximum atomic E-state index is 12.1. The lowest BCUT2D eigenvalue weighted by molar-refractivity contribution is -0.129. The Morgan fingerprint density at radius 3 is 2.79 bits per heavy atom. The molecule has 0 fully saturated rings. The fourth-order valence-corrected chi connectivity index (χ4v) is 2.39. The van der Waals surface area contributed by atoms with Crippen molar-refractivity contribution in [2.24, 2.45) is 0 Å². The van der Waals surface area contributed by atoms with E-state index in [1.165, 1.54) is 6.20 Å². The molecule has 9 heteroatoms. The summed E-state index contributed by atoms with van der Waals surface area (Å²) >= 11 is 6.50. The minimum atomic E-state index is -3.05. The number of halogens is 4. The first kappa shape index (κ1) is 14.2. The summed E-state index contributed by atoms with van der Waals surface area (Å²) in [5, 5.41) is 3.60. The molecule has 0 aliphatic heterocycles. The Morgan fingerprint density at radius 2 is 2.16 bits per heavy atom. The third-order valence-electron chi connectivity index (χ3n) is 2.06. The van der Waals surface area contributed by atoms with Gasteiger partial charge in [-0.15, -0.1) is 0 Å². The van der Waals surface area contributed by atoms with Crippen molar-refractivity contribution >= 4 is 37.6 Å². The molecule has 2 heterocycles. The van der Waals surface area contributed by atoms with E-state index in [0.29, 0.717) is 10.2 Å². The predicted molar refractivity (Wildman–Crippen MR) is 67.6 cm³/mol. The molecule has 0 aliphatic rings. The highest BCUT2D eigenvalue weighted by atomic mass is 79.9. The molecule has 0 amide bonds. The van der Waals surface area contributed by atoms with Gasteiger partial charge in [-0.2, -0.15) is 4.98 Å². The summed E-state index contributed by atoms with van der Waals surface area (Å²) in [6, 6.07) is 1.72. The zero-order valence-electron chi connectivity index (χ0n) is 9.11. The number of rotatable bonds is 4. The van der Waals surface area contributed by atoms with Gasteiger partial charge in [0, 0.05) is 15.1 Å². The van der Waals surface area contributed by atoms with Gasteiger partial charge in [-0.05, 0) is 37.9 Å². The van der Waals surface area contributed by atoms with Gasteiger partial charge in [0.2, 0.25) is 17.5 Å². The van der Waals surface area contributed by atoms with Crippen LogP contribution in [0.3, 0.4) is 0 Å². The average Bonchev–Trinajstić information content (AvgIpc) is 2.77. The normalized spacial score (nSPS) is 11.0. The first-order chi connectivity index (χ1) is 8.97. The Hall–Kier alpha value is -1.22. The minimum Gasteiger partial charge on any atom is -0.338 e. The second kappa shape index (κ2) is 5.83. The summed E-state index contributed by atoms with van der Waals surface area (Å²) in [5.41, 5.74) is 0.391. The molecule has 0 atom stereocenters. The number of carbonyl (C=O) groups excluding carboxylic acids is 1. The largest absolute Gasteiger partial charge is 0.338 e. The van der Waals surface area contributed by atoms with Gasteiger partial charge >= 0.3 is 0 Å². The highest BCUT2D eigenvalue weighted by Crippen LogP contribution is 2.26. The molecule has 5 nitrogen and oxygen atoms in total. The number of hydrogen-bond acceptors (Lipinski definition) is 5. The van der Waals surface area contributed by atoms with E-state index in [9.17, 15) is 13.6 Å². The zero-order chi connectivity index (χ0) is 14.0. The second-order valence-corrected chi connectivity index (χ2v) is 5.21. The molecule has 0 aliphatic carbocycles. The molecule has 0 spiro atoms. The third-order valence-corrected chi connectivity index (χ3v) is 3.09. The predicted octanol–water partition coefficient (Wildman–Crippen LogP) is 3.03. The lowest BCUT2D eigenvalue weighted by atomic mass is 10.3. The molecule has 0 bridgehead atoms. The van der Waals surface area contributed by atoms with Crippen molar-refractivity contribution in [1.29, 1.82) is 0 Å². The fourth-order valence-electron chi connectivity index (χ4n) is 1.23. The molecule has 0 aromatic carbocycles. The molecule has 19 heavy (non-hydrogen) atoms. The summed E-state index contributed by atoms with van der Waals surface area (Å²) < 4.78 is 30.3. The van der Waals surface area contributed by atoms with E-state index in [1.807, 2.05) is 0 Å². The molecule has 0 N–H and O–H groups in total. The lowest BCUT2D eigenvalue weighted by Crippen LogP contribution is -2.12. The number of Topliss-reactive ketones (excluding diaryl/α,β-unsaturated/α-hetero) is 1. The molecule has 0 saturated heterocycles. The molecule has 2 rings (SSSR count). The highest BCUT2D eigenvalue weighted by Gasteiger charge is 2.20. The van der Waals surface area contributed by atoms with Crippen LogP contribution in [0.5, 0.6) is 0 Å². The van der Waals surface area contributed by atoms with Gasteiger partial charge in [0.25, 0.3) is 6.43 Å². The third kappa shape index (κ3) is 3.41. The van der Waals surface area contributed by atoms with Crippen molar-refractivity contribution in [2.75, 3.05) is 0 Å². The Labute approximate surface area is 122 Å². The molecule has 2 aromatic rings. The van der Waals surface area contributed by atoms with Gasteiger partial charge in [0.1, 0.15) is 5.69 Å². The van der Waals surface area contributed by atoms with E-state index in [0.717, 1.165) is 4.47 Å². The number of nitrogens with zero attached hydrogens (tertiary/aromatic N) is 3. The Balaban J connectivity index is 2.23. The lowest BCUT2D eigenvalue weighted by Gasteiger charge is -1.97. The van der Waals surface area contributed by atoms with Crippen LogP contribution in [-0.4, -0.2) is 27.3 Å². The number of ketones is 1. The fraction of sp³-hybridized carbons (Fsp3) is 0.200. The monoisotopic (exact) mass is 395 g/mol. The van der Waals surface area contributed by atoms with Crippen molar-refractivity contribution in [2.45, 2.75) is 12.8 Å². The van der Waals surface area contributed by atoms with E-state index in [1.54, 1.807) is 6.07 Å². The molecule has 100 valence electrons. The van der Waals surface area contributed by atoms with Gasteiger partial charge in [0.15, 0.2) is 0 Å². The second-order valence-electron chi connectivity index (χ2n) is 3.44. The average molecular weight is 397 g/mol. The van der Waals surface area contributed by atoms with Gasteiger partial charge < -0.3 is 4.52 Å². The van der Waals surface area contributed by atoms with Gasteiger partial charge in [-0.25, -0.2) is 8.78 Å². The van der Waals surface area contributed by atoms with Crippen LogP contribution in [0.2, 0.25) is 0 Å².